The molecule has 0 radical (unpaired) electrons. The molecule has 3 heterocycles. The van der Waals surface area contributed by atoms with Gasteiger partial charge in [0.1, 0.15) is 31.1 Å². The molecule has 0 spiro atoms. The lowest BCUT2D eigenvalue weighted by molar-refractivity contribution is 0.388. The van der Waals surface area contributed by atoms with Gasteiger partial charge in [-0.25, -0.2) is 0 Å². The molecule has 3 nitrogen and oxygen atoms in total. The largest absolute Gasteiger partial charge is 0.343 e. The van der Waals surface area contributed by atoms with Crippen molar-refractivity contribution >= 4 is 84.9 Å². The van der Waals surface area contributed by atoms with E-state index < -0.39 is 0 Å². The van der Waals surface area contributed by atoms with Crippen molar-refractivity contribution in [2.75, 3.05) is 28.8 Å². The zero-order chi connectivity index (χ0) is 19.2. The lowest BCUT2D eigenvalue weighted by Gasteiger charge is -2.34. The molecule has 0 bridgehead atoms. The van der Waals surface area contributed by atoms with E-state index in [1.54, 1.807) is 0 Å². The van der Waals surface area contributed by atoms with E-state index >= 15 is 0 Å². The molecule has 3 fully saturated rings. The predicted octanol–water partition coefficient (Wildman–Crippen LogP) is 4.93. The van der Waals surface area contributed by atoms with Crippen LogP contribution < -0.4 is 0 Å². The van der Waals surface area contributed by atoms with E-state index in [2.05, 4.69) is 65.6 Å². The van der Waals surface area contributed by atoms with E-state index in [0.29, 0.717) is 0 Å². The zero-order valence-corrected chi connectivity index (χ0v) is 21.4. The molecule has 6 unspecified atom stereocenters. The first-order valence-electron chi connectivity index (χ1n) is 8.64. The standard InChI is InChI=1S/C16H28O3S7/c1-5-23-6-16(7-24-13(2)10(20)17-13,8-25-14(3)11(21)18-14)9-26-15(4)12(22)19-15/h10-12,20-22H,5-9H2,1-4H3. The van der Waals surface area contributed by atoms with E-state index in [9.17, 15) is 0 Å². The molecule has 3 aliphatic heterocycles. The van der Waals surface area contributed by atoms with Crippen LogP contribution in [0, 0.1) is 5.41 Å². The van der Waals surface area contributed by atoms with Crippen LogP contribution in [-0.4, -0.2) is 59.9 Å². The minimum atomic E-state index is -0.154. The maximum absolute atomic E-state index is 5.69. The maximum atomic E-state index is 5.69. The third-order valence-electron chi connectivity index (χ3n) is 4.82. The molecule has 0 amide bonds. The van der Waals surface area contributed by atoms with Gasteiger partial charge in [0.25, 0.3) is 0 Å². The number of hydrogen-bond acceptors (Lipinski definition) is 10. The van der Waals surface area contributed by atoms with Crippen LogP contribution in [0.2, 0.25) is 0 Å². The van der Waals surface area contributed by atoms with Gasteiger partial charge in [-0.15, -0.1) is 73.2 Å². The van der Waals surface area contributed by atoms with Crippen LogP contribution in [0.1, 0.15) is 27.7 Å². The van der Waals surface area contributed by atoms with Gasteiger partial charge in [-0.1, -0.05) is 6.92 Å². The maximum Gasteiger partial charge on any atom is 0.147 e. The average molecular weight is 493 g/mol. The third kappa shape index (κ3) is 5.52. The van der Waals surface area contributed by atoms with Crippen LogP contribution >= 0.6 is 84.9 Å². The van der Waals surface area contributed by atoms with Crippen LogP contribution in [0.25, 0.3) is 0 Å². The Hall–Kier alpha value is 2.33. The topological polar surface area (TPSA) is 37.6 Å². The molecule has 0 aromatic heterocycles. The van der Waals surface area contributed by atoms with Crippen molar-refractivity contribution in [1.29, 1.82) is 0 Å². The van der Waals surface area contributed by atoms with Gasteiger partial charge < -0.3 is 14.2 Å². The van der Waals surface area contributed by atoms with Gasteiger partial charge in [-0.05, 0) is 26.5 Å². The summed E-state index contributed by atoms with van der Waals surface area (Å²) in [5.41, 5.74) is 0.290. The number of thioether (sulfide) groups is 4. The van der Waals surface area contributed by atoms with Crippen LogP contribution in [0.3, 0.4) is 0 Å². The van der Waals surface area contributed by atoms with Gasteiger partial charge in [0.05, 0.1) is 0 Å². The first-order valence-corrected chi connectivity index (χ1v) is 14.3. The Kier molecular flexibility index (Phi) is 7.48. The summed E-state index contributed by atoms with van der Waals surface area (Å²) in [6, 6.07) is 0. The van der Waals surface area contributed by atoms with Gasteiger partial charge in [0, 0.05) is 28.4 Å². The molecule has 0 aliphatic carbocycles. The molecule has 6 atom stereocenters. The normalized spacial score (nSPS) is 46.0. The number of hydrogen-bond donors (Lipinski definition) is 3. The molecule has 10 heteroatoms. The Morgan fingerprint density at radius 2 is 1.04 bits per heavy atom. The second kappa shape index (κ2) is 8.46. The van der Waals surface area contributed by atoms with E-state index in [0.717, 1.165) is 28.8 Å². The molecule has 3 saturated heterocycles. The van der Waals surface area contributed by atoms with Gasteiger partial charge in [0.15, 0.2) is 0 Å². The summed E-state index contributed by atoms with van der Waals surface area (Å²) in [5.74, 6) is 5.34. The molecule has 3 rings (SSSR count). The fourth-order valence-electron chi connectivity index (χ4n) is 2.34. The first kappa shape index (κ1) is 23.0. The fraction of sp³-hybridized carbons (Fsp3) is 1.00. The lowest BCUT2D eigenvalue weighted by atomic mass is 9.99. The van der Waals surface area contributed by atoms with E-state index in [1.165, 1.54) is 0 Å². The van der Waals surface area contributed by atoms with Crippen molar-refractivity contribution < 1.29 is 14.2 Å². The summed E-state index contributed by atoms with van der Waals surface area (Å²) in [5, 5.41) is 0. The predicted molar refractivity (Wildman–Crippen MR) is 130 cm³/mol. The van der Waals surface area contributed by atoms with Crippen molar-refractivity contribution in [1.82, 2.24) is 0 Å². The summed E-state index contributed by atoms with van der Waals surface area (Å²) < 4.78 is 17.1. The quantitative estimate of drug-likeness (QED) is 0.263. The number of ether oxygens (including phenoxy) is 3. The van der Waals surface area contributed by atoms with Crippen molar-refractivity contribution in [3.63, 3.8) is 0 Å². The van der Waals surface area contributed by atoms with E-state index in [4.69, 9.17) is 14.2 Å². The fourth-order valence-corrected chi connectivity index (χ4v) is 9.21. The van der Waals surface area contributed by atoms with Gasteiger partial charge in [-0.3, -0.25) is 0 Å². The highest BCUT2D eigenvalue weighted by atomic mass is 32.2. The zero-order valence-electron chi connectivity index (χ0n) is 15.5. The molecular weight excluding hydrogens is 465 g/mol. The molecule has 0 aromatic carbocycles. The molecule has 0 aromatic rings. The van der Waals surface area contributed by atoms with Crippen LogP contribution in [0.4, 0.5) is 0 Å². The Morgan fingerprint density at radius 3 is 1.27 bits per heavy atom. The first-order chi connectivity index (χ1) is 12.1. The third-order valence-corrected chi connectivity index (χ3v) is 13.3. The molecule has 3 aliphatic rings. The Balaban J connectivity index is 1.66. The van der Waals surface area contributed by atoms with Crippen molar-refractivity contribution in [2.24, 2.45) is 5.41 Å². The molecule has 26 heavy (non-hydrogen) atoms. The van der Waals surface area contributed by atoms with Gasteiger partial charge in [-0.2, -0.15) is 11.8 Å². The summed E-state index contributed by atoms with van der Waals surface area (Å²) in [7, 11) is 0. The summed E-state index contributed by atoms with van der Waals surface area (Å²) in [4.78, 5) is -0.462. The minimum Gasteiger partial charge on any atom is -0.343 e. The second-order valence-corrected chi connectivity index (χ2v) is 14.3. The Morgan fingerprint density at radius 1 is 0.731 bits per heavy atom. The Labute approximate surface area is 190 Å². The van der Waals surface area contributed by atoms with Crippen LogP contribution in [-0.2, 0) is 14.2 Å². The van der Waals surface area contributed by atoms with Crippen molar-refractivity contribution in [2.45, 2.75) is 58.8 Å². The molecule has 0 saturated carbocycles. The van der Waals surface area contributed by atoms with Crippen molar-refractivity contribution in [3.05, 3.63) is 0 Å². The van der Waals surface area contributed by atoms with Crippen LogP contribution in [0.15, 0.2) is 0 Å². The number of rotatable bonds is 12. The second-order valence-electron chi connectivity index (χ2n) is 7.46. The smallest absolute Gasteiger partial charge is 0.147 e. The lowest BCUT2D eigenvalue weighted by Crippen LogP contribution is -2.36. The highest BCUT2D eigenvalue weighted by Crippen LogP contribution is 2.56. The van der Waals surface area contributed by atoms with Gasteiger partial charge in [0.2, 0.25) is 0 Å². The van der Waals surface area contributed by atoms with E-state index in [1.807, 2.05) is 47.0 Å². The molecule has 0 N–H and O–H groups in total. The molecule has 152 valence electrons. The number of thiol groups is 3. The number of epoxide rings is 3. The molecular formula is C16H28O3S7. The summed E-state index contributed by atoms with van der Waals surface area (Å²) in [6.07, 6.45) is 0. The highest BCUT2D eigenvalue weighted by Gasteiger charge is 2.56. The minimum absolute atomic E-state index is 0.0431. The monoisotopic (exact) mass is 492 g/mol. The SMILES string of the molecule is CCSCC(CSC1(C)OC1S)(CSC1(C)OC1S)CSC1(C)OC1S. The summed E-state index contributed by atoms with van der Waals surface area (Å²) >= 11 is 21.1. The highest BCUT2D eigenvalue weighted by molar-refractivity contribution is 8.04. The summed E-state index contributed by atoms with van der Waals surface area (Å²) in [6.45, 7) is 8.63. The van der Waals surface area contributed by atoms with Crippen molar-refractivity contribution in [3.8, 4) is 0 Å². The van der Waals surface area contributed by atoms with Crippen LogP contribution in [0.5, 0.6) is 0 Å². The average Bonchev–Trinajstić information content (AvgIpc) is 3.50. The van der Waals surface area contributed by atoms with Gasteiger partial charge >= 0.3 is 0 Å². The van der Waals surface area contributed by atoms with E-state index in [-0.39, 0.29) is 36.5 Å². The Bertz CT molecular complexity index is 462.